The first kappa shape index (κ1) is 19.7. The quantitative estimate of drug-likeness (QED) is 0.391. The molecule has 23 heavy (non-hydrogen) atoms. The average Bonchev–Trinajstić information content (AvgIpc) is 2.56. The van der Waals surface area contributed by atoms with Gasteiger partial charge in [-0.25, -0.2) is 0 Å². The second-order valence-electron chi connectivity index (χ2n) is 5.66. The van der Waals surface area contributed by atoms with E-state index in [4.69, 9.17) is 0 Å². The van der Waals surface area contributed by atoms with Crippen molar-refractivity contribution in [3.63, 3.8) is 0 Å². The van der Waals surface area contributed by atoms with E-state index in [1.807, 2.05) is 30.3 Å². The lowest BCUT2D eigenvalue weighted by atomic mass is 10.1. The number of nitrogens with one attached hydrogen (secondary N) is 2. The Bertz CT molecular complexity index is 476. The second-order valence-corrected chi connectivity index (χ2v) is 7.24. The molecule has 2 atom stereocenters. The molecule has 1 aromatic rings. The molecule has 2 unspecified atom stereocenters. The van der Waals surface area contributed by atoms with E-state index < -0.39 is 10.8 Å². The van der Waals surface area contributed by atoms with E-state index in [1.54, 1.807) is 0 Å². The summed E-state index contributed by atoms with van der Waals surface area (Å²) in [5.41, 5.74) is 0. The Kier molecular flexibility index (Phi) is 10.4. The minimum Gasteiger partial charge on any atom is -0.357 e. The summed E-state index contributed by atoms with van der Waals surface area (Å²) in [6, 6.07) is 9.98. The van der Waals surface area contributed by atoms with Crippen molar-refractivity contribution in [3.8, 4) is 0 Å². The van der Waals surface area contributed by atoms with Gasteiger partial charge in [-0.15, -0.1) is 0 Å². The van der Waals surface area contributed by atoms with E-state index in [9.17, 15) is 4.21 Å². The maximum absolute atomic E-state index is 12.2. The number of hydrogen-bond donors (Lipinski definition) is 2. The zero-order valence-electron chi connectivity index (χ0n) is 14.7. The van der Waals surface area contributed by atoms with E-state index in [2.05, 4.69) is 36.4 Å². The van der Waals surface area contributed by atoms with Gasteiger partial charge < -0.3 is 10.6 Å². The van der Waals surface area contributed by atoms with Crippen LogP contribution in [0.4, 0.5) is 0 Å². The molecule has 0 bridgehead atoms. The highest BCUT2D eigenvalue weighted by Gasteiger charge is 2.06. The molecule has 0 fully saturated rings. The van der Waals surface area contributed by atoms with Gasteiger partial charge in [0.2, 0.25) is 0 Å². The molecule has 4 nitrogen and oxygen atoms in total. The number of aliphatic imine (C=N–C) groups is 1. The van der Waals surface area contributed by atoms with Crippen LogP contribution >= 0.6 is 0 Å². The van der Waals surface area contributed by atoms with Gasteiger partial charge in [0.25, 0.3) is 0 Å². The first-order valence-corrected chi connectivity index (χ1v) is 9.97. The third-order valence-electron chi connectivity index (χ3n) is 3.52. The smallest absolute Gasteiger partial charge is 0.191 e. The molecule has 5 heteroatoms. The second kappa shape index (κ2) is 12.1. The molecule has 0 radical (unpaired) electrons. The fourth-order valence-electron chi connectivity index (χ4n) is 2.26. The predicted molar refractivity (Wildman–Crippen MR) is 100 cm³/mol. The fraction of sp³-hybridized carbons (Fsp3) is 0.611. The maximum atomic E-state index is 12.2. The van der Waals surface area contributed by atoms with Crippen LogP contribution in [0.5, 0.6) is 0 Å². The van der Waals surface area contributed by atoms with Crippen molar-refractivity contribution in [2.24, 2.45) is 4.99 Å². The van der Waals surface area contributed by atoms with E-state index in [0.29, 0.717) is 18.3 Å². The molecular formula is C18H31N3OS. The van der Waals surface area contributed by atoms with Crippen molar-refractivity contribution in [2.45, 2.75) is 57.4 Å². The van der Waals surface area contributed by atoms with Gasteiger partial charge in [-0.2, -0.15) is 0 Å². The van der Waals surface area contributed by atoms with Gasteiger partial charge in [0.15, 0.2) is 5.96 Å². The minimum atomic E-state index is -0.985. The van der Waals surface area contributed by atoms with Crippen LogP contribution in [-0.2, 0) is 10.8 Å². The summed E-state index contributed by atoms with van der Waals surface area (Å²) in [6.07, 6.45) is 4.90. The standard InChI is InChI=1S/C18H31N3OS/c1-4-6-8-11-16(3)21-18(19-5-2)20-14-15-23(22)17-12-9-7-10-13-17/h7,9-10,12-13,16H,4-6,8,11,14-15H2,1-3H3,(H2,19,20,21). The molecule has 0 aromatic heterocycles. The third-order valence-corrected chi connectivity index (χ3v) is 4.87. The van der Waals surface area contributed by atoms with Crippen molar-refractivity contribution < 1.29 is 4.21 Å². The first-order valence-electron chi connectivity index (χ1n) is 8.65. The number of nitrogens with zero attached hydrogens (tertiary/aromatic N) is 1. The van der Waals surface area contributed by atoms with Gasteiger partial charge in [0, 0.05) is 23.2 Å². The zero-order chi connectivity index (χ0) is 16.9. The van der Waals surface area contributed by atoms with E-state index >= 15 is 0 Å². The topological polar surface area (TPSA) is 53.5 Å². The number of unbranched alkanes of at least 4 members (excludes halogenated alkanes) is 2. The number of rotatable bonds is 10. The van der Waals surface area contributed by atoms with Crippen molar-refractivity contribution in [3.05, 3.63) is 30.3 Å². The Morgan fingerprint density at radius 1 is 1.22 bits per heavy atom. The lowest BCUT2D eigenvalue weighted by Crippen LogP contribution is -2.42. The average molecular weight is 338 g/mol. The lowest BCUT2D eigenvalue weighted by Gasteiger charge is -2.17. The predicted octanol–water partition coefficient (Wildman–Crippen LogP) is 3.32. The highest BCUT2D eigenvalue weighted by molar-refractivity contribution is 7.85. The molecule has 0 amide bonds. The van der Waals surface area contributed by atoms with Crippen molar-refractivity contribution in [1.29, 1.82) is 0 Å². The summed E-state index contributed by atoms with van der Waals surface area (Å²) in [7, 11) is -0.985. The molecule has 0 spiro atoms. The Morgan fingerprint density at radius 3 is 2.61 bits per heavy atom. The largest absolute Gasteiger partial charge is 0.357 e. The normalized spacial score (nSPS) is 14.3. The Hall–Kier alpha value is -1.36. The third kappa shape index (κ3) is 8.74. The highest BCUT2D eigenvalue weighted by Crippen LogP contribution is 2.05. The van der Waals surface area contributed by atoms with Crippen LogP contribution in [0.25, 0.3) is 0 Å². The molecule has 0 saturated carbocycles. The number of guanidine groups is 1. The molecule has 0 aliphatic rings. The van der Waals surface area contributed by atoms with Crippen molar-refractivity contribution in [1.82, 2.24) is 10.6 Å². The Labute approximate surface area is 143 Å². The van der Waals surface area contributed by atoms with Crippen LogP contribution in [-0.4, -0.2) is 35.1 Å². The monoisotopic (exact) mass is 337 g/mol. The minimum absolute atomic E-state index is 0.402. The molecule has 2 N–H and O–H groups in total. The van der Waals surface area contributed by atoms with Crippen molar-refractivity contribution >= 4 is 16.8 Å². The molecule has 1 aromatic carbocycles. The summed E-state index contributed by atoms with van der Waals surface area (Å²) in [5.74, 6) is 1.37. The van der Waals surface area contributed by atoms with E-state index in [-0.39, 0.29) is 0 Å². The zero-order valence-corrected chi connectivity index (χ0v) is 15.5. The fourth-order valence-corrected chi connectivity index (χ4v) is 3.21. The molecule has 0 heterocycles. The first-order chi connectivity index (χ1) is 11.2. The molecule has 1 rings (SSSR count). The van der Waals surface area contributed by atoms with Crippen LogP contribution < -0.4 is 10.6 Å². The molecular weight excluding hydrogens is 306 g/mol. The molecule has 0 saturated heterocycles. The lowest BCUT2D eigenvalue weighted by molar-refractivity contribution is 0.547. The van der Waals surface area contributed by atoms with Gasteiger partial charge >= 0.3 is 0 Å². The SMILES string of the molecule is CCCCCC(C)NC(=NCCS(=O)c1ccccc1)NCC. The van der Waals surface area contributed by atoms with Gasteiger partial charge in [-0.1, -0.05) is 44.4 Å². The van der Waals surface area contributed by atoms with Crippen LogP contribution in [0.2, 0.25) is 0 Å². The maximum Gasteiger partial charge on any atom is 0.191 e. The Balaban J connectivity index is 2.43. The summed E-state index contributed by atoms with van der Waals surface area (Å²) in [4.78, 5) is 5.42. The number of hydrogen-bond acceptors (Lipinski definition) is 2. The summed E-state index contributed by atoms with van der Waals surface area (Å²) in [5, 5.41) is 6.69. The van der Waals surface area contributed by atoms with Crippen molar-refractivity contribution in [2.75, 3.05) is 18.8 Å². The van der Waals surface area contributed by atoms with Gasteiger partial charge in [0.1, 0.15) is 0 Å². The van der Waals surface area contributed by atoms with Gasteiger partial charge in [-0.3, -0.25) is 9.20 Å². The van der Waals surface area contributed by atoms with Crippen LogP contribution in [0.1, 0.15) is 46.5 Å². The molecule has 0 aliphatic heterocycles. The summed E-state index contributed by atoms with van der Waals surface area (Å²) < 4.78 is 12.2. The van der Waals surface area contributed by atoms with E-state index in [1.165, 1.54) is 19.3 Å². The summed E-state index contributed by atoms with van der Waals surface area (Å²) in [6.45, 7) is 7.84. The van der Waals surface area contributed by atoms with Gasteiger partial charge in [0.05, 0.1) is 17.3 Å². The highest BCUT2D eigenvalue weighted by atomic mass is 32.2. The van der Waals surface area contributed by atoms with Crippen LogP contribution in [0.15, 0.2) is 40.2 Å². The molecule has 130 valence electrons. The Morgan fingerprint density at radius 2 is 1.96 bits per heavy atom. The van der Waals surface area contributed by atoms with Gasteiger partial charge in [-0.05, 0) is 32.4 Å². The van der Waals surface area contributed by atoms with Crippen LogP contribution in [0, 0.1) is 0 Å². The van der Waals surface area contributed by atoms with E-state index in [0.717, 1.165) is 23.8 Å². The van der Waals surface area contributed by atoms with Crippen LogP contribution in [0.3, 0.4) is 0 Å². The molecule has 0 aliphatic carbocycles. The number of benzene rings is 1. The summed E-state index contributed by atoms with van der Waals surface area (Å²) >= 11 is 0.